The predicted molar refractivity (Wildman–Crippen MR) is 48.6 cm³/mol. The van der Waals surface area contributed by atoms with Gasteiger partial charge in [0.25, 0.3) is 0 Å². The molecule has 1 aliphatic heterocycles. The van der Waals surface area contributed by atoms with Gasteiger partial charge in [-0.2, -0.15) is 0 Å². The lowest BCUT2D eigenvalue weighted by atomic mass is 10.1. The third kappa shape index (κ3) is 2.59. The van der Waals surface area contributed by atoms with E-state index in [0.717, 1.165) is 12.8 Å². The third-order valence-electron chi connectivity index (χ3n) is 2.49. The van der Waals surface area contributed by atoms with E-state index in [1.165, 1.54) is 7.11 Å². The van der Waals surface area contributed by atoms with Gasteiger partial charge in [-0.1, -0.05) is 0 Å². The molecule has 0 N–H and O–H groups in total. The fourth-order valence-corrected chi connectivity index (χ4v) is 1.47. The van der Waals surface area contributed by atoms with Crippen LogP contribution in [0, 0.1) is 0 Å². The van der Waals surface area contributed by atoms with Crippen molar-refractivity contribution in [2.45, 2.75) is 31.9 Å². The van der Waals surface area contributed by atoms with Gasteiger partial charge in [-0.05, 0) is 19.8 Å². The quantitative estimate of drug-likeness (QED) is 0.620. The number of hydrogen-bond acceptors (Lipinski definition) is 3. The van der Waals surface area contributed by atoms with E-state index in [9.17, 15) is 4.79 Å². The molecule has 0 aromatic carbocycles. The van der Waals surface area contributed by atoms with E-state index in [1.807, 2.05) is 6.92 Å². The molecule has 13 heavy (non-hydrogen) atoms. The molecular weight excluding hydrogens is 170 g/mol. The molecule has 2 atom stereocenters. The largest absolute Gasteiger partial charge is 0.453 e. The van der Waals surface area contributed by atoms with E-state index in [4.69, 9.17) is 4.74 Å². The minimum absolute atomic E-state index is 0.170. The maximum Gasteiger partial charge on any atom is 0.409 e. The monoisotopic (exact) mass is 187 g/mol. The van der Waals surface area contributed by atoms with Gasteiger partial charge in [0.15, 0.2) is 0 Å². The van der Waals surface area contributed by atoms with E-state index in [-0.39, 0.29) is 12.1 Å². The number of likely N-dealkylation sites (N-methyl/N-ethyl adjacent to an activating group) is 1. The molecule has 1 aliphatic rings. The summed E-state index contributed by atoms with van der Waals surface area (Å²) < 4.78 is 10.1. The lowest BCUT2D eigenvalue weighted by Gasteiger charge is -2.32. The maximum absolute atomic E-state index is 11.1. The lowest BCUT2D eigenvalue weighted by molar-refractivity contribution is -0.0193. The molecule has 1 amide bonds. The highest BCUT2D eigenvalue weighted by atomic mass is 16.5. The van der Waals surface area contributed by atoms with Gasteiger partial charge in [-0.25, -0.2) is 4.79 Å². The third-order valence-corrected chi connectivity index (χ3v) is 2.49. The summed E-state index contributed by atoms with van der Waals surface area (Å²) in [4.78, 5) is 12.7. The zero-order valence-corrected chi connectivity index (χ0v) is 8.45. The van der Waals surface area contributed by atoms with Crippen LogP contribution in [0.1, 0.15) is 19.8 Å². The van der Waals surface area contributed by atoms with E-state index in [0.29, 0.717) is 12.7 Å². The molecule has 76 valence electrons. The van der Waals surface area contributed by atoms with Gasteiger partial charge in [-0.15, -0.1) is 0 Å². The first kappa shape index (κ1) is 10.3. The topological polar surface area (TPSA) is 38.8 Å². The Hall–Kier alpha value is -0.770. The number of amides is 1. The van der Waals surface area contributed by atoms with Crippen LogP contribution in [0.4, 0.5) is 4.79 Å². The van der Waals surface area contributed by atoms with Crippen LogP contribution in [-0.4, -0.2) is 43.9 Å². The second-order valence-electron chi connectivity index (χ2n) is 3.46. The summed E-state index contributed by atoms with van der Waals surface area (Å²) in [5.41, 5.74) is 0. The van der Waals surface area contributed by atoms with Gasteiger partial charge in [-0.3, -0.25) is 0 Å². The Balaban J connectivity index is 2.39. The molecule has 1 rings (SSSR count). The van der Waals surface area contributed by atoms with Gasteiger partial charge >= 0.3 is 6.09 Å². The number of carbonyl (C=O) groups is 1. The van der Waals surface area contributed by atoms with Crippen molar-refractivity contribution < 1.29 is 14.3 Å². The van der Waals surface area contributed by atoms with Gasteiger partial charge in [0.2, 0.25) is 0 Å². The summed E-state index contributed by atoms with van der Waals surface area (Å²) in [5.74, 6) is 0. The Morgan fingerprint density at radius 2 is 2.23 bits per heavy atom. The predicted octanol–water partition coefficient (Wildman–Crippen LogP) is 1.25. The van der Waals surface area contributed by atoms with Crippen molar-refractivity contribution in [3.63, 3.8) is 0 Å². The van der Waals surface area contributed by atoms with Gasteiger partial charge in [0.05, 0.1) is 25.9 Å². The molecule has 0 saturated carbocycles. The summed E-state index contributed by atoms with van der Waals surface area (Å²) in [6.07, 6.45) is 2.03. The Morgan fingerprint density at radius 3 is 2.69 bits per heavy atom. The molecule has 4 heteroatoms. The van der Waals surface area contributed by atoms with E-state index in [2.05, 4.69) is 4.74 Å². The van der Waals surface area contributed by atoms with Crippen molar-refractivity contribution in [1.82, 2.24) is 4.90 Å². The lowest BCUT2D eigenvalue weighted by Crippen LogP contribution is -2.43. The SMILES string of the molecule is COC(=O)N(C)C1CCC(C)OC1. The summed E-state index contributed by atoms with van der Waals surface area (Å²) in [7, 11) is 3.14. The Labute approximate surface area is 78.8 Å². The van der Waals surface area contributed by atoms with Gasteiger partial charge < -0.3 is 14.4 Å². The van der Waals surface area contributed by atoms with Crippen molar-refractivity contribution in [2.75, 3.05) is 20.8 Å². The maximum atomic E-state index is 11.1. The molecule has 2 unspecified atom stereocenters. The highest BCUT2D eigenvalue weighted by molar-refractivity contribution is 5.67. The molecule has 1 saturated heterocycles. The van der Waals surface area contributed by atoms with Crippen LogP contribution in [0.3, 0.4) is 0 Å². The Bertz CT molecular complexity index is 176. The molecule has 0 aromatic rings. The van der Waals surface area contributed by atoms with Crippen LogP contribution < -0.4 is 0 Å². The molecule has 1 fully saturated rings. The van der Waals surface area contributed by atoms with Crippen LogP contribution in [0.5, 0.6) is 0 Å². The fourth-order valence-electron chi connectivity index (χ4n) is 1.47. The van der Waals surface area contributed by atoms with Crippen molar-refractivity contribution in [3.05, 3.63) is 0 Å². The smallest absolute Gasteiger partial charge is 0.409 e. The highest BCUT2D eigenvalue weighted by Gasteiger charge is 2.25. The average Bonchev–Trinajstić information content (AvgIpc) is 2.17. The van der Waals surface area contributed by atoms with Crippen LogP contribution in [0.15, 0.2) is 0 Å². The summed E-state index contributed by atoms with van der Waals surface area (Å²) in [6, 6.07) is 0.170. The highest BCUT2D eigenvalue weighted by Crippen LogP contribution is 2.17. The number of ether oxygens (including phenoxy) is 2. The second-order valence-corrected chi connectivity index (χ2v) is 3.46. The number of hydrogen-bond donors (Lipinski definition) is 0. The van der Waals surface area contributed by atoms with Gasteiger partial charge in [0.1, 0.15) is 0 Å². The van der Waals surface area contributed by atoms with E-state index >= 15 is 0 Å². The van der Waals surface area contributed by atoms with Crippen molar-refractivity contribution in [1.29, 1.82) is 0 Å². The first-order valence-corrected chi connectivity index (χ1v) is 4.57. The zero-order valence-electron chi connectivity index (χ0n) is 8.45. The molecule has 0 bridgehead atoms. The molecule has 0 radical (unpaired) electrons. The molecule has 0 spiro atoms. The Morgan fingerprint density at radius 1 is 1.54 bits per heavy atom. The van der Waals surface area contributed by atoms with Crippen molar-refractivity contribution in [3.8, 4) is 0 Å². The normalized spacial score (nSPS) is 28.2. The first-order chi connectivity index (χ1) is 6.15. The number of carbonyl (C=O) groups excluding carboxylic acids is 1. The summed E-state index contributed by atoms with van der Waals surface area (Å²) in [6.45, 7) is 2.67. The van der Waals surface area contributed by atoms with E-state index in [1.54, 1.807) is 11.9 Å². The Kier molecular flexibility index (Phi) is 3.54. The van der Waals surface area contributed by atoms with E-state index < -0.39 is 0 Å². The van der Waals surface area contributed by atoms with Crippen LogP contribution >= 0.6 is 0 Å². The van der Waals surface area contributed by atoms with Crippen LogP contribution in [0.25, 0.3) is 0 Å². The molecule has 1 heterocycles. The first-order valence-electron chi connectivity index (χ1n) is 4.57. The molecule has 0 aliphatic carbocycles. The van der Waals surface area contributed by atoms with Crippen molar-refractivity contribution >= 4 is 6.09 Å². The number of rotatable bonds is 1. The van der Waals surface area contributed by atoms with Gasteiger partial charge in [0, 0.05) is 7.05 Å². The average molecular weight is 187 g/mol. The van der Waals surface area contributed by atoms with Crippen LogP contribution in [0.2, 0.25) is 0 Å². The molecular formula is C9H17NO3. The zero-order chi connectivity index (χ0) is 9.84. The molecule has 0 aromatic heterocycles. The van der Waals surface area contributed by atoms with Crippen LogP contribution in [-0.2, 0) is 9.47 Å². The summed E-state index contributed by atoms with van der Waals surface area (Å²) >= 11 is 0. The molecule has 4 nitrogen and oxygen atoms in total. The number of nitrogens with zero attached hydrogens (tertiary/aromatic N) is 1. The minimum Gasteiger partial charge on any atom is -0.453 e. The fraction of sp³-hybridized carbons (Fsp3) is 0.889. The minimum atomic E-state index is -0.289. The second kappa shape index (κ2) is 4.46. The van der Waals surface area contributed by atoms with Crippen molar-refractivity contribution in [2.24, 2.45) is 0 Å². The number of methoxy groups -OCH3 is 1. The standard InChI is InChI=1S/C9H17NO3/c1-7-4-5-8(6-13-7)10(2)9(11)12-3/h7-8H,4-6H2,1-3H3. The summed E-state index contributed by atoms with van der Waals surface area (Å²) in [5, 5.41) is 0.